The first-order valence-corrected chi connectivity index (χ1v) is 11.7. The van der Waals surface area contributed by atoms with Gasteiger partial charge in [-0.3, -0.25) is 24.7 Å². The van der Waals surface area contributed by atoms with Gasteiger partial charge in [0, 0.05) is 57.4 Å². The number of nitrogens with zero attached hydrogens (tertiary/aromatic N) is 3. The van der Waals surface area contributed by atoms with Crippen LogP contribution in [0.4, 0.5) is 14.5 Å². The molecule has 0 aromatic heterocycles. The molecule has 0 radical (unpaired) electrons. The number of nitrogens with one attached hydrogen (secondary N) is 1. The second-order valence-electron chi connectivity index (χ2n) is 8.91. The standard InChI is InChI=1S/C24H26F2N4O2S/c25-19-4-3-17(12-20(19)26)29-9-7-28(8-10-29)13-15-1-2-16-14-30(24(33)18(16)11-15)21-5-6-22(31)27-23(21)32/h1-4,11-12,21,24,33H,5-10,13-14H2,(H,27,31,32). The lowest BCUT2D eigenvalue weighted by Crippen LogP contribution is -2.51. The van der Waals surface area contributed by atoms with Gasteiger partial charge in [0.15, 0.2) is 11.6 Å². The second-order valence-corrected chi connectivity index (χ2v) is 9.40. The summed E-state index contributed by atoms with van der Waals surface area (Å²) in [5.41, 5.74) is 4.16. The number of hydrogen-bond donors (Lipinski definition) is 2. The molecule has 2 aromatic rings. The number of hydrogen-bond acceptors (Lipinski definition) is 6. The zero-order valence-corrected chi connectivity index (χ0v) is 19.0. The van der Waals surface area contributed by atoms with Gasteiger partial charge >= 0.3 is 0 Å². The molecule has 0 saturated carbocycles. The van der Waals surface area contributed by atoms with Crippen molar-refractivity contribution in [1.29, 1.82) is 0 Å². The van der Waals surface area contributed by atoms with Crippen LogP contribution in [0.25, 0.3) is 0 Å². The molecule has 33 heavy (non-hydrogen) atoms. The number of piperazine rings is 1. The maximum absolute atomic E-state index is 13.6. The van der Waals surface area contributed by atoms with Crippen molar-refractivity contribution in [2.45, 2.75) is 37.3 Å². The van der Waals surface area contributed by atoms with E-state index in [1.807, 2.05) is 0 Å². The first-order valence-electron chi connectivity index (χ1n) is 11.2. The fraction of sp³-hybridized carbons (Fsp3) is 0.417. The Labute approximate surface area is 196 Å². The molecule has 2 unspecified atom stereocenters. The molecule has 2 fully saturated rings. The molecular formula is C24H26F2N4O2S. The van der Waals surface area contributed by atoms with Crippen molar-refractivity contribution in [1.82, 2.24) is 15.1 Å². The van der Waals surface area contributed by atoms with E-state index in [1.165, 1.54) is 17.7 Å². The summed E-state index contributed by atoms with van der Waals surface area (Å²) >= 11 is 4.80. The van der Waals surface area contributed by atoms with E-state index in [1.54, 1.807) is 6.07 Å². The van der Waals surface area contributed by atoms with Crippen LogP contribution < -0.4 is 10.2 Å². The number of anilines is 1. The molecule has 3 heterocycles. The van der Waals surface area contributed by atoms with Crippen LogP contribution in [0, 0.1) is 11.6 Å². The van der Waals surface area contributed by atoms with Crippen LogP contribution >= 0.6 is 12.6 Å². The number of amides is 2. The number of halogens is 2. The number of imide groups is 1. The fourth-order valence-corrected chi connectivity index (χ4v) is 5.46. The van der Waals surface area contributed by atoms with Gasteiger partial charge in [-0.25, -0.2) is 8.78 Å². The van der Waals surface area contributed by atoms with E-state index in [-0.39, 0.29) is 23.2 Å². The van der Waals surface area contributed by atoms with E-state index in [2.05, 4.69) is 38.2 Å². The summed E-state index contributed by atoms with van der Waals surface area (Å²) in [5.74, 6) is -2.10. The van der Waals surface area contributed by atoms with Crippen LogP contribution in [-0.2, 0) is 22.7 Å². The highest BCUT2D eigenvalue weighted by Crippen LogP contribution is 2.39. The maximum atomic E-state index is 13.6. The van der Waals surface area contributed by atoms with Crippen LogP contribution in [0.15, 0.2) is 36.4 Å². The van der Waals surface area contributed by atoms with Crippen LogP contribution in [0.1, 0.15) is 34.9 Å². The Hall–Kier alpha value is -2.49. The predicted octanol–water partition coefficient (Wildman–Crippen LogP) is 2.84. The summed E-state index contributed by atoms with van der Waals surface area (Å²) in [6.07, 6.45) is 0.871. The first-order chi connectivity index (χ1) is 15.9. The summed E-state index contributed by atoms with van der Waals surface area (Å²) in [7, 11) is 0. The molecular weight excluding hydrogens is 446 g/mol. The summed E-state index contributed by atoms with van der Waals surface area (Å²) in [6.45, 7) is 4.56. The number of carbonyl (C=O) groups is 2. The Morgan fingerprint density at radius 1 is 1.00 bits per heavy atom. The minimum atomic E-state index is -0.826. The molecule has 0 bridgehead atoms. The van der Waals surface area contributed by atoms with E-state index in [0.29, 0.717) is 25.1 Å². The third-order valence-electron chi connectivity index (χ3n) is 6.81. The molecule has 2 saturated heterocycles. The zero-order valence-electron chi connectivity index (χ0n) is 18.1. The predicted molar refractivity (Wildman–Crippen MR) is 124 cm³/mol. The molecule has 0 spiro atoms. The highest BCUT2D eigenvalue weighted by molar-refractivity contribution is 7.80. The van der Waals surface area contributed by atoms with Gasteiger partial charge < -0.3 is 4.90 Å². The summed E-state index contributed by atoms with van der Waals surface area (Å²) in [6, 6.07) is 10.1. The van der Waals surface area contributed by atoms with E-state index in [0.717, 1.165) is 43.9 Å². The molecule has 9 heteroatoms. The fourth-order valence-electron chi connectivity index (χ4n) is 4.97. The highest BCUT2D eigenvalue weighted by atomic mass is 32.1. The van der Waals surface area contributed by atoms with Gasteiger partial charge in [-0.2, -0.15) is 12.6 Å². The highest BCUT2D eigenvalue weighted by Gasteiger charge is 2.39. The van der Waals surface area contributed by atoms with Gasteiger partial charge in [0.25, 0.3) is 0 Å². The first kappa shape index (κ1) is 22.3. The molecule has 3 aliphatic heterocycles. The minimum absolute atomic E-state index is 0.186. The summed E-state index contributed by atoms with van der Waals surface area (Å²) in [5, 5.41) is 2.25. The van der Waals surface area contributed by atoms with Crippen LogP contribution in [0.5, 0.6) is 0 Å². The topological polar surface area (TPSA) is 55.9 Å². The molecule has 2 aromatic carbocycles. The van der Waals surface area contributed by atoms with Crippen LogP contribution in [0.2, 0.25) is 0 Å². The van der Waals surface area contributed by atoms with Gasteiger partial charge in [0.1, 0.15) is 0 Å². The van der Waals surface area contributed by atoms with Crippen molar-refractivity contribution in [2.24, 2.45) is 0 Å². The lowest BCUT2D eigenvalue weighted by Gasteiger charge is -2.36. The van der Waals surface area contributed by atoms with E-state index >= 15 is 0 Å². The molecule has 3 aliphatic rings. The monoisotopic (exact) mass is 472 g/mol. The van der Waals surface area contributed by atoms with Gasteiger partial charge in [0.2, 0.25) is 11.8 Å². The number of fused-ring (bicyclic) bond motifs is 1. The molecule has 6 nitrogen and oxygen atoms in total. The molecule has 2 amide bonds. The Bertz CT molecular complexity index is 1090. The van der Waals surface area contributed by atoms with Crippen molar-refractivity contribution in [3.8, 4) is 0 Å². The number of thiol groups is 1. The quantitative estimate of drug-likeness (QED) is 0.530. The van der Waals surface area contributed by atoms with Crippen LogP contribution in [0.3, 0.4) is 0 Å². The Kier molecular flexibility index (Phi) is 6.11. The molecule has 2 atom stereocenters. The molecule has 174 valence electrons. The average Bonchev–Trinajstić information content (AvgIpc) is 3.12. The van der Waals surface area contributed by atoms with E-state index in [9.17, 15) is 18.4 Å². The maximum Gasteiger partial charge on any atom is 0.243 e. The number of rotatable bonds is 4. The van der Waals surface area contributed by atoms with E-state index < -0.39 is 11.6 Å². The summed E-state index contributed by atoms with van der Waals surface area (Å²) < 4.78 is 26.8. The molecule has 5 rings (SSSR count). The van der Waals surface area contributed by atoms with Crippen molar-refractivity contribution >= 4 is 30.1 Å². The Balaban J connectivity index is 1.21. The lowest BCUT2D eigenvalue weighted by molar-refractivity contribution is -0.137. The van der Waals surface area contributed by atoms with Crippen molar-refractivity contribution < 1.29 is 18.4 Å². The zero-order chi connectivity index (χ0) is 23.1. The Morgan fingerprint density at radius 2 is 1.79 bits per heavy atom. The number of carbonyl (C=O) groups excluding carboxylic acids is 2. The largest absolute Gasteiger partial charge is 0.369 e. The molecule has 1 N–H and O–H groups in total. The lowest BCUT2D eigenvalue weighted by atomic mass is 10.0. The number of piperidine rings is 1. The van der Waals surface area contributed by atoms with Gasteiger partial charge in [-0.15, -0.1) is 0 Å². The van der Waals surface area contributed by atoms with Gasteiger partial charge in [0.05, 0.1) is 11.4 Å². The second kappa shape index (κ2) is 9.04. The third-order valence-corrected chi connectivity index (χ3v) is 7.39. The van der Waals surface area contributed by atoms with Gasteiger partial charge in [-0.05, 0) is 35.2 Å². The SMILES string of the molecule is O=C1CCC(N2Cc3ccc(CN4CCN(c5ccc(F)c(F)c5)CC4)cc3C2S)C(=O)N1. The summed E-state index contributed by atoms with van der Waals surface area (Å²) in [4.78, 5) is 30.3. The number of benzene rings is 2. The van der Waals surface area contributed by atoms with Crippen molar-refractivity contribution in [3.05, 3.63) is 64.7 Å². The van der Waals surface area contributed by atoms with Crippen molar-refractivity contribution in [3.63, 3.8) is 0 Å². The Morgan fingerprint density at radius 3 is 2.52 bits per heavy atom. The minimum Gasteiger partial charge on any atom is -0.369 e. The smallest absolute Gasteiger partial charge is 0.243 e. The van der Waals surface area contributed by atoms with Gasteiger partial charge in [-0.1, -0.05) is 18.2 Å². The molecule has 0 aliphatic carbocycles. The average molecular weight is 473 g/mol. The van der Waals surface area contributed by atoms with Crippen LogP contribution in [-0.4, -0.2) is 53.8 Å². The normalized spacial score (nSPS) is 24.2. The van der Waals surface area contributed by atoms with Crippen molar-refractivity contribution in [2.75, 3.05) is 31.1 Å². The third kappa shape index (κ3) is 4.49. The van der Waals surface area contributed by atoms with E-state index in [4.69, 9.17) is 12.6 Å².